The number of halogens is 1. The van der Waals surface area contributed by atoms with Crippen LogP contribution in [0.5, 0.6) is 0 Å². The summed E-state index contributed by atoms with van der Waals surface area (Å²) in [7, 11) is 0. The van der Waals surface area contributed by atoms with E-state index < -0.39 is 0 Å². The zero-order valence-corrected chi connectivity index (χ0v) is 11.6. The van der Waals surface area contributed by atoms with Crippen LogP contribution in [0.1, 0.15) is 17.7 Å². The zero-order chi connectivity index (χ0) is 12.3. The third-order valence-electron chi connectivity index (χ3n) is 2.60. The van der Waals surface area contributed by atoms with Crippen LogP contribution in [0.15, 0.2) is 15.9 Å². The van der Waals surface area contributed by atoms with E-state index in [1.54, 1.807) is 11.3 Å². The molecule has 1 aliphatic heterocycles. The number of nitrogens with one attached hydrogen (secondary N) is 2. The van der Waals surface area contributed by atoms with Gasteiger partial charge in [-0.1, -0.05) is 0 Å². The van der Waals surface area contributed by atoms with E-state index in [4.69, 9.17) is 0 Å². The Bertz CT molecular complexity index is 433. The van der Waals surface area contributed by atoms with Gasteiger partial charge in [-0.25, -0.2) is 0 Å². The van der Waals surface area contributed by atoms with Gasteiger partial charge in [-0.2, -0.15) is 0 Å². The lowest BCUT2D eigenvalue weighted by molar-refractivity contribution is -0.125. The molecule has 1 saturated heterocycles. The molecule has 1 unspecified atom stereocenters. The van der Waals surface area contributed by atoms with E-state index in [1.807, 2.05) is 11.4 Å². The fraction of sp³-hybridized carbons (Fsp3) is 0.455. The first-order valence-corrected chi connectivity index (χ1v) is 7.12. The topological polar surface area (TPSA) is 58.2 Å². The molecule has 6 heteroatoms. The molecule has 1 aromatic heterocycles. The Labute approximate surface area is 112 Å². The summed E-state index contributed by atoms with van der Waals surface area (Å²) in [6.07, 6.45) is 1.88. The van der Waals surface area contributed by atoms with Crippen LogP contribution in [0.2, 0.25) is 0 Å². The van der Waals surface area contributed by atoms with Crippen molar-refractivity contribution in [1.29, 1.82) is 0 Å². The third kappa shape index (κ3) is 3.54. The molecule has 4 nitrogen and oxygen atoms in total. The maximum Gasteiger partial charge on any atom is 0.242 e. The molecule has 17 heavy (non-hydrogen) atoms. The second-order valence-corrected chi connectivity index (χ2v) is 5.84. The minimum Gasteiger partial charge on any atom is -0.354 e. The molecule has 0 spiro atoms. The highest BCUT2D eigenvalue weighted by Gasteiger charge is 2.26. The Hall–Kier alpha value is -0.880. The van der Waals surface area contributed by atoms with Gasteiger partial charge in [0.2, 0.25) is 11.8 Å². The number of carbonyl (C=O) groups excluding carboxylic acids is 2. The molecule has 1 aromatic rings. The standard InChI is InChI=1S/C11H13BrN2O2S/c12-7-5-8(17-6-7)3-4-13-11(16)9-1-2-10(15)14-9/h5-6,9H,1-4H2,(H,13,16)(H,14,15). The van der Waals surface area contributed by atoms with E-state index in [-0.39, 0.29) is 17.9 Å². The molecule has 2 rings (SSSR count). The third-order valence-corrected chi connectivity index (χ3v) is 4.36. The molecule has 1 fully saturated rings. The Morgan fingerprint density at radius 3 is 3.06 bits per heavy atom. The van der Waals surface area contributed by atoms with Crippen LogP contribution in [0, 0.1) is 0 Å². The molecule has 0 bridgehead atoms. The van der Waals surface area contributed by atoms with E-state index in [2.05, 4.69) is 26.6 Å². The number of amides is 2. The van der Waals surface area contributed by atoms with E-state index in [0.717, 1.165) is 10.9 Å². The summed E-state index contributed by atoms with van der Waals surface area (Å²) in [5.74, 6) is -0.112. The second kappa shape index (κ2) is 5.64. The van der Waals surface area contributed by atoms with Gasteiger partial charge in [0.1, 0.15) is 6.04 Å². The molecule has 1 atom stereocenters. The van der Waals surface area contributed by atoms with E-state index in [1.165, 1.54) is 4.88 Å². The van der Waals surface area contributed by atoms with Gasteiger partial charge in [-0.3, -0.25) is 9.59 Å². The number of hydrogen-bond donors (Lipinski definition) is 2. The lowest BCUT2D eigenvalue weighted by Gasteiger charge is -2.10. The van der Waals surface area contributed by atoms with Gasteiger partial charge >= 0.3 is 0 Å². The molecule has 92 valence electrons. The van der Waals surface area contributed by atoms with Gasteiger partial charge in [0.05, 0.1) is 0 Å². The van der Waals surface area contributed by atoms with Crippen LogP contribution in [-0.4, -0.2) is 24.4 Å². The van der Waals surface area contributed by atoms with E-state index in [9.17, 15) is 9.59 Å². The summed E-state index contributed by atoms with van der Waals surface area (Å²) in [5, 5.41) is 7.51. The minimum absolute atomic E-state index is 0.0349. The maximum atomic E-state index is 11.7. The number of rotatable bonds is 4. The van der Waals surface area contributed by atoms with Crippen LogP contribution < -0.4 is 10.6 Å². The van der Waals surface area contributed by atoms with Gasteiger partial charge in [-0.05, 0) is 34.8 Å². The summed E-state index contributed by atoms with van der Waals surface area (Å²) < 4.78 is 1.08. The number of thiophene rings is 1. The van der Waals surface area contributed by atoms with Crippen LogP contribution in [-0.2, 0) is 16.0 Å². The van der Waals surface area contributed by atoms with Crippen molar-refractivity contribution in [2.75, 3.05) is 6.54 Å². The largest absolute Gasteiger partial charge is 0.354 e. The molecule has 2 amide bonds. The molecule has 2 N–H and O–H groups in total. The minimum atomic E-state index is -0.336. The zero-order valence-electron chi connectivity index (χ0n) is 9.16. The Morgan fingerprint density at radius 2 is 2.47 bits per heavy atom. The first kappa shape index (κ1) is 12.6. The van der Waals surface area contributed by atoms with E-state index in [0.29, 0.717) is 19.4 Å². The van der Waals surface area contributed by atoms with Gasteiger partial charge in [0.25, 0.3) is 0 Å². The smallest absolute Gasteiger partial charge is 0.242 e. The van der Waals surface area contributed by atoms with Crippen LogP contribution >= 0.6 is 27.3 Å². The highest BCUT2D eigenvalue weighted by molar-refractivity contribution is 9.10. The van der Waals surface area contributed by atoms with Crippen molar-refractivity contribution < 1.29 is 9.59 Å². The monoisotopic (exact) mass is 316 g/mol. The Kier molecular flexibility index (Phi) is 4.17. The number of carbonyl (C=O) groups is 2. The molecule has 0 saturated carbocycles. The van der Waals surface area contributed by atoms with Gasteiger partial charge in [0.15, 0.2) is 0 Å². The van der Waals surface area contributed by atoms with Crippen molar-refractivity contribution >= 4 is 39.1 Å². The van der Waals surface area contributed by atoms with Gasteiger partial charge in [-0.15, -0.1) is 11.3 Å². The van der Waals surface area contributed by atoms with Gasteiger partial charge in [0, 0.05) is 27.7 Å². The fourth-order valence-electron chi connectivity index (χ4n) is 1.73. The van der Waals surface area contributed by atoms with E-state index >= 15 is 0 Å². The summed E-state index contributed by atoms with van der Waals surface area (Å²) in [4.78, 5) is 23.8. The lowest BCUT2D eigenvalue weighted by atomic mass is 10.2. The SMILES string of the molecule is O=C1CCC(C(=O)NCCc2cc(Br)cs2)N1. The first-order chi connectivity index (χ1) is 8.15. The number of hydrogen-bond acceptors (Lipinski definition) is 3. The summed E-state index contributed by atoms with van der Waals surface area (Å²) in [5.41, 5.74) is 0. The van der Waals surface area contributed by atoms with Crippen molar-refractivity contribution in [3.05, 3.63) is 20.8 Å². The van der Waals surface area contributed by atoms with Crippen molar-refractivity contribution in [2.45, 2.75) is 25.3 Å². The predicted molar refractivity (Wildman–Crippen MR) is 69.9 cm³/mol. The molecule has 1 aliphatic rings. The van der Waals surface area contributed by atoms with Gasteiger partial charge < -0.3 is 10.6 Å². The highest BCUT2D eigenvalue weighted by atomic mass is 79.9. The molecule has 2 heterocycles. The molecule has 0 aliphatic carbocycles. The van der Waals surface area contributed by atoms with Crippen molar-refractivity contribution in [1.82, 2.24) is 10.6 Å². The molecular weight excluding hydrogens is 304 g/mol. The van der Waals surface area contributed by atoms with Crippen LogP contribution in [0.4, 0.5) is 0 Å². The van der Waals surface area contributed by atoms with Crippen molar-refractivity contribution in [3.8, 4) is 0 Å². The summed E-state index contributed by atoms with van der Waals surface area (Å²) >= 11 is 5.05. The van der Waals surface area contributed by atoms with Crippen LogP contribution in [0.3, 0.4) is 0 Å². The highest BCUT2D eigenvalue weighted by Crippen LogP contribution is 2.19. The van der Waals surface area contributed by atoms with Crippen LogP contribution in [0.25, 0.3) is 0 Å². The average Bonchev–Trinajstić information content (AvgIpc) is 2.88. The lowest BCUT2D eigenvalue weighted by Crippen LogP contribution is -2.42. The predicted octanol–water partition coefficient (Wildman–Crippen LogP) is 1.45. The quantitative estimate of drug-likeness (QED) is 0.883. The molecule has 0 aromatic carbocycles. The fourth-order valence-corrected chi connectivity index (χ4v) is 3.18. The average molecular weight is 317 g/mol. The second-order valence-electron chi connectivity index (χ2n) is 3.93. The van der Waals surface area contributed by atoms with Crippen molar-refractivity contribution in [2.24, 2.45) is 0 Å². The maximum absolute atomic E-state index is 11.7. The first-order valence-electron chi connectivity index (χ1n) is 5.45. The Morgan fingerprint density at radius 1 is 1.65 bits per heavy atom. The summed E-state index contributed by atoms with van der Waals surface area (Å²) in [6.45, 7) is 0.609. The normalized spacial score (nSPS) is 19.1. The molecular formula is C11H13BrN2O2S. The van der Waals surface area contributed by atoms with Crippen molar-refractivity contribution in [3.63, 3.8) is 0 Å². The molecule has 0 radical (unpaired) electrons. The Balaban J connectivity index is 1.71. The summed E-state index contributed by atoms with van der Waals surface area (Å²) in [6, 6.07) is 1.71.